The molecule has 9 atom stereocenters. The average Bonchev–Trinajstić information content (AvgIpc) is 4.24. The molecule has 9 amide bonds. The monoisotopic (exact) mass is 1180 g/mol. The lowest BCUT2D eigenvalue weighted by molar-refractivity contribution is -0.148. The first kappa shape index (κ1) is 71.7. The Morgan fingerprint density at radius 2 is 1.42 bits per heavy atom. The zero-order valence-electron chi connectivity index (χ0n) is 51.8. The number of rotatable bonds is 39. The molecule has 22 nitrogen and oxygen atoms in total. The number of imide groups is 1. The number of primary amides is 1. The van der Waals surface area contributed by atoms with Crippen molar-refractivity contribution in [2.75, 3.05) is 60.5 Å². The maximum atomic E-state index is 14.5. The zero-order valence-corrected chi connectivity index (χ0v) is 51.8. The summed E-state index contributed by atoms with van der Waals surface area (Å²) in [5.74, 6) is -5.64. The van der Waals surface area contributed by atoms with E-state index in [1.807, 2.05) is 48.5 Å². The molecule has 1 saturated heterocycles. The van der Waals surface area contributed by atoms with E-state index in [1.165, 1.54) is 26.3 Å². The first-order valence-corrected chi connectivity index (χ1v) is 30.2. The standard InChI is InChI=1S/C62H98N8O14/c1-12-28-64-58(78)42(8)49(37-71)51-21-18-31-69(51)56(77)35-53(83-11)57(41(7)13-2)68(10)60(80)48(40(5)6)34-46(73)36-67(9)62(82)84-38-44-24-22-43(23-25-44)32-52(74)50(20-17-29-65-61(63)81)66-59(79)47(39(3)4)33-45(72)19-15-14-16-30-70-54(75)26-27-55(70)76/h22-27,39-42,47-51,53,57,71H,12-21,28-38H2,1-11H3,(H,64,78)(H,66,79)(H3,63,65,81)/t41-,42+,47-,48-,49+,50-,51-,53+,57-/m0/s1. The molecule has 1 fully saturated rings. The highest BCUT2D eigenvalue weighted by molar-refractivity contribution is 6.12. The number of amides is 9. The van der Waals surface area contributed by atoms with Gasteiger partial charge in [-0.15, -0.1) is 0 Å². The first-order chi connectivity index (χ1) is 39.8. The predicted molar refractivity (Wildman–Crippen MR) is 316 cm³/mol. The van der Waals surface area contributed by atoms with Crippen molar-refractivity contribution >= 4 is 64.9 Å². The predicted octanol–water partition coefficient (Wildman–Crippen LogP) is 5.29. The van der Waals surface area contributed by atoms with E-state index < -0.39 is 59.9 Å². The van der Waals surface area contributed by atoms with Gasteiger partial charge in [-0.25, -0.2) is 9.59 Å². The number of methoxy groups -OCH3 is 1. The lowest BCUT2D eigenvalue weighted by Crippen LogP contribution is -2.54. The summed E-state index contributed by atoms with van der Waals surface area (Å²) < 4.78 is 11.6. The minimum Gasteiger partial charge on any atom is -0.445 e. The van der Waals surface area contributed by atoms with Crippen molar-refractivity contribution in [3.8, 4) is 0 Å². The fraction of sp³-hybridized carbons (Fsp3) is 0.694. The molecule has 2 aliphatic heterocycles. The number of nitrogens with zero attached hydrogens (tertiary/aromatic N) is 4. The van der Waals surface area contributed by atoms with E-state index in [4.69, 9.17) is 15.2 Å². The minimum absolute atomic E-state index is 0.0302. The van der Waals surface area contributed by atoms with Gasteiger partial charge in [-0.1, -0.05) is 92.5 Å². The number of ether oxygens (including phenoxy) is 2. The molecule has 84 heavy (non-hydrogen) atoms. The van der Waals surface area contributed by atoms with Gasteiger partial charge in [0.25, 0.3) is 11.8 Å². The molecular weight excluding hydrogens is 1080 g/mol. The molecule has 0 saturated carbocycles. The summed E-state index contributed by atoms with van der Waals surface area (Å²) in [5, 5.41) is 18.7. The number of nitrogens with two attached hydrogens (primary N) is 1. The second-order valence-electron chi connectivity index (χ2n) is 23.5. The van der Waals surface area contributed by atoms with Crippen molar-refractivity contribution in [3.63, 3.8) is 0 Å². The Kier molecular flexibility index (Phi) is 31.0. The van der Waals surface area contributed by atoms with Crippen LogP contribution in [0, 0.1) is 41.4 Å². The molecule has 0 bridgehead atoms. The van der Waals surface area contributed by atoms with Crippen LogP contribution in [0.5, 0.6) is 0 Å². The molecule has 2 aliphatic rings. The molecule has 6 N–H and O–H groups in total. The fourth-order valence-corrected chi connectivity index (χ4v) is 11.1. The molecule has 0 aliphatic carbocycles. The number of unbranched alkanes of at least 4 members (excludes halogenated alkanes) is 2. The Hall–Kier alpha value is -6.55. The van der Waals surface area contributed by atoms with Crippen LogP contribution in [0.2, 0.25) is 0 Å². The van der Waals surface area contributed by atoms with Crippen molar-refractivity contribution in [1.82, 2.24) is 35.6 Å². The third-order valence-corrected chi connectivity index (χ3v) is 16.6. The number of benzene rings is 1. The lowest BCUT2D eigenvalue weighted by atomic mass is 9.85. The van der Waals surface area contributed by atoms with Gasteiger partial charge in [0.2, 0.25) is 23.6 Å². The maximum absolute atomic E-state index is 14.5. The van der Waals surface area contributed by atoms with Crippen LogP contribution in [-0.4, -0.2) is 174 Å². The average molecular weight is 1180 g/mol. The lowest BCUT2D eigenvalue weighted by Gasteiger charge is -2.40. The second-order valence-corrected chi connectivity index (χ2v) is 23.5. The molecule has 0 unspecified atom stereocenters. The van der Waals surface area contributed by atoms with Gasteiger partial charge in [-0.3, -0.25) is 48.1 Å². The number of ketones is 3. The molecule has 0 radical (unpaired) electrons. The highest BCUT2D eigenvalue weighted by Gasteiger charge is 2.43. The topological polar surface area (TPSA) is 302 Å². The Morgan fingerprint density at radius 3 is 2.00 bits per heavy atom. The first-order valence-electron chi connectivity index (χ1n) is 30.2. The smallest absolute Gasteiger partial charge is 0.410 e. The molecule has 1 aromatic carbocycles. The number of likely N-dealkylation sites (tertiary alicyclic amines) is 1. The van der Waals surface area contributed by atoms with Crippen LogP contribution in [0.1, 0.15) is 150 Å². The van der Waals surface area contributed by atoms with Gasteiger partial charge in [-0.05, 0) is 73.8 Å². The number of nitrogens with one attached hydrogen (secondary N) is 3. The van der Waals surface area contributed by atoms with E-state index in [0.29, 0.717) is 62.7 Å². The van der Waals surface area contributed by atoms with Crippen LogP contribution in [0.25, 0.3) is 0 Å². The number of carbonyl (C=O) groups excluding carboxylic acids is 11. The van der Waals surface area contributed by atoms with Crippen LogP contribution in [0.3, 0.4) is 0 Å². The van der Waals surface area contributed by atoms with Crippen LogP contribution < -0.4 is 21.7 Å². The van der Waals surface area contributed by atoms with E-state index in [9.17, 15) is 57.8 Å². The van der Waals surface area contributed by atoms with Crippen molar-refractivity contribution in [2.45, 2.75) is 176 Å². The summed E-state index contributed by atoms with van der Waals surface area (Å²) in [6, 6.07) is 4.22. The van der Waals surface area contributed by atoms with Gasteiger partial charge in [-0.2, -0.15) is 0 Å². The Balaban J connectivity index is 1.59. The molecule has 1 aromatic rings. The third kappa shape index (κ3) is 22.5. The molecule has 0 spiro atoms. The second kappa shape index (κ2) is 36.3. The summed E-state index contributed by atoms with van der Waals surface area (Å²) in [4.78, 5) is 150. The van der Waals surface area contributed by atoms with Crippen LogP contribution >= 0.6 is 0 Å². The van der Waals surface area contributed by atoms with E-state index in [0.717, 1.165) is 22.6 Å². The highest BCUT2D eigenvalue weighted by atomic mass is 16.6. The summed E-state index contributed by atoms with van der Waals surface area (Å²) in [6.45, 7) is 15.8. The molecule has 22 heteroatoms. The molecule has 0 aromatic heterocycles. The number of aliphatic hydroxyl groups excluding tert-OH is 1. The van der Waals surface area contributed by atoms with Crippen molar-refractivity contribution < 1.29 is 67.3 Å². The maximum Gasteiger partial charge on any atom is 0.410 e. The number of Topliss-reactive ketones (excluding diaryl/α,β-unsaturated/α-hetero) is 3. The van der Waals surface area contributed by atoms with Crippen molar-refractivity contribution in [2.24, 2.45) is 47.2 Å². The summed E-state index contributed by atoms with van der Waals surface area (Å²) in [6.07, 6.45) is 5.90. The summed E-state index contributed by atoms with van der Waals surface area (Å²) >= 11 is 0. The summed E-state index contributed by atoms with van der Waals surface area (Å²) in [7, 11) is 4.61. The van der Waals surface area contributed by atoms with Gasteiger partial charge in [0.15, 0.2) is 11.6 Å². The largest absolute Gasteiger partial charge is 0.445 e. The number of hydrogen-bond acceptors (Lipinski definition) is 14. The zero-order chi connectivity index (χ0) is 62.8. The van der Waals surface area contributed by atoms with E-state index in [1.54, 1.807) is 48.0 Å². The quantitative estimate of drug-likeness (QED) is 0.0414. The van der Waals surface area contributed by atoms with Gasteiger partial charge in [0.05, 0.1) is 31.2 Å². The normalized spacial score (nSPS) is 17.0. The van der Waals surface area contributed by atoms with E-state index in [-0.39, 0.29) is 142 Å². The molecule has 2 heterocycles. The van der Waals surface area contributed by atoms with Crippen LogP contribution in [0.15, 0.2) is 36.4 Å². The van der Waals surface area contributed by atoms with E-state index >= 15 is 0 Å². The van der Waals surface area contributed by atoms with E-state index in [2.05, 4.69) is 16.0 Å². The van der Waals surface area contributed by atoms with Crippen LogP contribution in [-0.2, 0) is 65.7 Å². The minimum atomic E-state index is -0.946. The van der Waals surface area contributed by atoms with Gasteiger partial charge in [0.1, 0.15) is 12.4 Å². The number of aliphatic hydroxyl groups is 1. The molecular formula is C62H98N8O14. The molecule has 3 rings (SSSR count). The van der Waals surface area contributed by atoms with Crippen LogP contribution in [0.4, 0.5) is 9.59 Å². The van der Waals surface area contributed by atoms with Gasteiger partial charge >= 0.3 is 12.1 Å². The third-order valence-electron chi connectivity index (χ3n) is 16.6. The van der Waals surface area contributed by atoms with Gasteiger partial charge in [0, 0.05) is 122 Å². The summed E-state index contributed by atoms with van der Waals surface area (Å²) in [5.41, 5.74) is 6.45. The Morgan fingerprint density at radius 1 is 0.786 bits per heavy atom. The van der Waals surface area contributed by atoms with Gasteiger partial charge < -0.3 is 51.0 Å². The number of likely N-dealkylation sites (N-methyl/N-ethyl adjacent to an activating group) is 2. The number of hydrogen-bond donors (Lipinski definition) is 5. The fourth-order valence-electron chi connectivity index (χ4n) is 11.1. The highest BCUT2D eigenvalue weighted by Crippen LogP contribution is 2.32. The SMILES string of the molecule is CCCNC(=O)[C@H](C)[C@@H](CO)[C@@H]1CCCN1C(=O)C[C@@H](OC)[C@H]([C@@H](C)CC)N(C)C(=O)[C@@H](CC(=O)CN(C)C(=O)OCc1ccc(CC(=O)[C@H](CCCNC(N)=O)NC(=O)[C@@H](CC(=O)CCCCCN2C(=O)C=CC2=O)C(C)C)cc1)C(C)C. The Bertz CT molecular complexity index is 2400. The van der Waals surface area contributed by atoms with Crippen molar-refractivity contribution in [3.05, 3.63) is 47.5 Å². The molecule has 470 valence electrons. The number of urea groups is 1. The Labute approximate surface area is 497 Å². The van der Waals surface area contributed by atoms with Crippen molar-refractivity contribution in [1.29, 1.82) is 0 Å². The number of carbonyl (C=O) groups is 11.